The molecule has 1 aliphatic rings. The standard InChI is InChI=1S/C25H24N8O4S/c1-2-18(21(26)34)33-12-14(11-27-33)13-9-17-20-19(10-13)37-8-4-3-7-32(20)22(28-17)15-5-6-16-23(29-15)38-24(30-16)31-25(35)36/h5-6,9-12,18H,2-4,7-8H2,1H3,(H2,26,34)(H,30,31)(H,35,36). The Labute approximate surface area is 220 Å². The van der Waals surface area contributed by atoms with Gasteiger partial charge in [-0.1, -0.05) is 18.3 Å². The van der Waals surface area contributed by atoms with Gasteiger partial charge in [-0.2, -0.15) is 5.10 Å². The molecule has 1 unspecified atom stereocenters. The summed E-state index contributed by atoms with van der Waals surface area (Å²) in [5.41, 5.74) is 10.1. The number of ether oxygens (including phenoxy) is 1. The summed E-state index contributed by atoms with van der Waals surface area (Å²) in [6.45, 7) is 3.25. The summed E-state index contributed by atoms with van der Waals surface area (Å²) in [7, 11) is 0. The number of amides is 2. The van der Waals surface area contributed by atoms with Gasteiger partial charge in [0.15, 0.2) is 11.0 Å². The Bertz CT molecular complexity index is 1700. The molecule has 1 aliphatic heterocycles. The zero-order valence-electron chi connectivity index (χ0n) is 20.4. The number of carbonyl (C=O) groups is 2. The van der Waals surface area contributed by atoms with E-state index in [2.05, 4.69) is 20.0 Å². The van der Waals surface area contributed by atoms with E-state index in [0.717, 1.165) is 47.3 Å². The number of aryl methyl sites for hydroxylation is 1. The number of carboxylic acid groups (broad SMARTS) is 1. The second kappa shape index (κ2) is 9.41. The van der Waals surface area contributed by atoms with Gasteiger partial charge in [-0.05, 0) is 49.1 Å². The van der Waals surface area contributed by atoms with Crippen molar-refractivity contribution in [3.63, 3.8) is 0 Å². The number of benzene rings is 1. The molecule has 12 nitrogen and oxygen atoms in total. The van der Waals surface area contributed by atoms with Crippen LogP contribution < -0.4 is 15.8 Å². The quantitative estimate of drug-likeness (QED) is 0.292. The number of hydrogen-bond donors (Lipinski definition) is 3. The average molecular weight is 533 g/mol. The Hall–Kier alpha value is -4.52. The van der Waals surface area contributed by atoms with Crippen LogP contribution in [0.25, 0.3) is 44.0 Å². The van der Waals surface area contributed by atoms with Crippen LogP contribution in [-0.2, 0) is 11.3 Å². The van der Waals surface area contributed by atoms with E-state index in [1.807, 2.05) is 37.4 Å². The Balaban J connectivity index is 1.46. The predicted octanol–water partition coefficient (Wildman–Crippen LogP) is 4.27. The van der Waals surface area contributed by atoms with Crippen molar-refractivity contribution >= 4 is 49.8 Å². The molecule has 0 aliphatic carbocycles. The summed E-state index contributed by atoms with van der Waals surface area (Å²) >= 11 is 1.17. The third-order valence-electron chi connectivity index (χ3n) is 6.51. The van der Waals surface area contributed by atoms with Crippen molar-refractivity contribution in [2.45, 2.75) is 38.8 Å². The topological polar surface area (TPSA) is 163 Å². The lowest BCUT2D eigenvalue weighted by Gasteiger charge is -2.16. The van der Waals surface area contributed by atoms with E-state index in [1.54, 1.807) is 10.9 Å². The number of thiazole rings is 1. The Morgan fingerprint density at radius 2 is 2.05 bits per heavy atom. The van der Waals surface area contributed by atoms with Crippen LogP contribution in [-0.4, -0.2) is 53.0 Å². The summed E-state index contributed by atoms with van der Waals surface area (Å²) < 4.78 is 9.90. The van der Waals surface area contributed by atoms with Gasteiger partial charge in [0.2, 0.25) is 5.91 Å². The first-order valence-corrected chi connectivity index (χ1v) is 13.0. The maximum atomic E-state index is 11.8. The molecule has 0 fully saturated rings. The summed E-state index contributed by atoms with van der Waals surface area (Å²) in [5.74, 6) is 0.989. The van der Waals surface area contributed by atoms with E-state index >= 15 is 0 Å². The van der Waals surface area contributed by atoms with Gasteiger partial charge in [0.1, 0.15) is 33.3 Å². The highest BCUT2D eigenvalue weighted by Crippen LogP contribution is 2.37. The summed E-state index contributed by atoms with van der Waals surface area (Å²) in [5, 5.41) is 15.9. The van der Waals surface area contributed by atoms with Crippen LogP contribution in [0.15, 0.2) is 36.7 Å². The first kappa shape index (κ1) is 23.9. The molecular formula is C25H24N8O4S. The third-order valence-corrected chi connectivity index (χ3v) is 7.39. The number of rotatable bonds is 6. The van der Waals surface area contributed by atoms with E-state index in [9.17, 15) is 9.59 Å². The lowest BCUT2D eigenvalue weighted by molar-refractivity contribution is -0.121. The number of fused-ring (bicyclic) bond motifs is 1. The van der Waals surface area contributed by atoms with Crippen LogP contribution >= 0.6 is 11.3 Å². The number of nitrogens with two attached hydrogens (primary N) is 1. The molecule has 0 radical (unpaired) electrons. The van der Waals surface area contributed by atoms with Crippen LogP contribution in [0.4, 0.5) is 9.93 Å². The van der Waals surface area contributed by atoms with E-state index in [4.69, 9.17) is 25.5 Å². The molecule has 5 aromatic rings. The number of anilines is 1. The second-order valence-electron chi connectivity index (χ2n) is 8.99. The molecule has 194 valence electrons. The average Bonchev–Trinajstić information content (AvgIpc) is 3.58. The molecule has 0 spiro atoms. The molecule has 4 N–H and O–H groups in total. The van der Waals surface area contributed by atoms with Crippen LogP contribution in [0.5, 0.6) is 5.75 Å². The van der Waals surface area contributed by atoms with Gasteiger partial charge in [0.05, 0.1) is 18.3 Å². The lowest BCUT2D eigenvalue weighted by Crippen LogP contribution is -2.26. The number of primary amides is 1. The van der Waals surface area contributed by atoms with Crippen LogP contribution in [0.2, 0.25) is 0 Å². The normalized spacial score (nSPS) is 14.1. The maximum absolute atomic E-state index is 11.8. The van der Waals surface area contributed by atoms with Crippen molar-refractivity contribution in [2.75, 3.05) is 11.9 Å². The molecule has 38 heavy (non-hydrogen) atoms. The number of nitrogens with zero attached hydrogens (tertiary/aromatic N) is 6. The van der Waals surface area contributed by atoms with E-state index in [-0.39, 0.29) is 5.13 Å². The molecule has 0 bridgehead atoms. The predicted molar refractivity (Wildman–Crippen MR) is 142 cm³/mol. The number of hydrogen-bond acceptors (Lipinski definition) is 8. The van der Waals surface area contributed by atoms with Gasteiger partial charge in [-0.15, -0.1) is 0 Å². The molecular weight excluding hydrogens is 508 g/mol. The van der Waals surface area contributed by atoms with Crippen molar-refractivity contribution in [1.82, 2.24) is 29.3 Å². The minimum atomic E-state index is -1.17. The summed E-state index contributed by atoms with van der Waals surface area (Å²) in [6, 6.07) is 7.11. The molecule has 6 rings (SSSR count). The summed E-state index contributed by atoms with van der Waals surface area (Å²) in [4.78, 5) is 37.5. The zero-order chi connectivity index (χ0) is 26.4. The van der Waals surface area contributed by atoms with Crippen molar-refractivity contribution in [1.29, 1.82) is 0 Å². The molecule has 1 aromatic carbocycles. The highest BCUT2D eigenvalue weighted by molar-refractivity contribution is 7.21. The van der Waals surface area contributed by atoms with Gasteiger partial charge in [-0.3, -0.25) is 14.8 Å². The SMILES string of the molecule is CCC(C(N)=O)n1cc(-c2cc3c4c(c2)nc(-c2ccc5nc(NC(=O)O)sc5n2)n4CCCCO3)cn1. The van der Waals surface area contributed by atoms with E-state index in [0.29, 0.717) is 34.9 Å². The number of pyridine rings is 1. The smallest absolute Gasteiger partial charge is 0.410 e. The molecule has 1 atom stereocenters. The lowest BCUT2D eigenvalue weighted by atomic mass is 10.1. The Kier molecular flexibility index (Phi) is 5.91. The van der Waals surface area contributed by atoms with E-state index in [1.165, 1.54) is 11.3 Å². The Morgan fingerprint density at radius 1 is 1.18 bits per heavy atom. The minimum absolute atomic E-state index is 0.266. The summed E-state index contributed by atoms with van der Waals surface area (Å²) in [6.07, 6.45) is 4.71. The van der Waals surface area contributed by atoms with Gasteiger partial charge >= 0.3 is 6.09 Å². The highest BCUT2D eigenvalue weighted by Gasteiger charge is 2.22. The van der Waals surface area contributed by atoms with Gasteiger partial charge in [0, 0.05) is 18.3 Å². The fourth-order valence-corrected chi connectivity index (χ4v) is 5.56. The van der Waals surface area contributed by atoms with Gasteiger partial charge in [0.25, 0.3) is 0 Å². The van der Waals surface area contributed by atoms with E-state index < -0.39 is 18.0 Å². The zero-order valence-corrected chi connectivity index (χ0v) is 21.2. The van der Waals surface area contributed by atoms with Crippen molar-refractivity contribution in [3.05, 3.63) is 36.7 Å². The minimum Gasteiger partial charge on any atom is -0.491 e. The fourth-order valence-electron chi connectivity index (χ4n) is 4.74. The Morgan fingerprint density at radius 3 is 2.84 bits per heavy atom. The second-order valence-corrected chi connectivity index (χ2v) is 9.97. The van der Waals surface area contributed by atoms with Crippen LogP contribution in [0.1, 0.15) is 32.2 Å². The maximum Gasteiger partial charge on any atom is 0.410 e. The molecule has 0 saturated carbocycles. The third kappa shape index (κ3) is 4.20. The highest BCUT2D eigenvalue weighted by atomic mass is 32.1. The monoisotopic (exact) mass is 532 g/mol. The molecule has 5 heterocycles. The molecule has 2 amide bonds. The van der Waals surface area contributed by atoms with Crippen LogP contribution in [0.3, 0.4) is 0 Å². The number of nitrogens with one attached hydrogen (secondary N) is 1. The largest absolute Gasteiger partial charge is 0.491 e. The molecule has 4 aromatic heterocycles. The van der Waals surface area contributed by atoms with Gasteiger partial charge in [-0.25, -0.2) is 19.7 Å². The van der Waals surface area contributed by atoms with Gasteiger partial charge < -0.3 is 20.1 Å². The number of imidazole rings is 1. The number of carbonyl (C=O) groups excluding carboxylic acids is 1. The first-order chi connectivity index (χ1) is 18.4. The van der Waals surface area contributed by atoms with Crippen LogP contribution in [0, 0.1) is 0 Å². The first-order valence-electron chi connectivity index (χ1n) is 12.2. The molecule has 0 saturated heterocycles. The van der Waals surface area contributed by atoms with Crippen molar-refractivity contribution < 1.29 is 19.4 Å². The van der Waals surface area contributed by atoms with Crippen molar-refractivity contribution in [2.24, 2.45) is 5.73 Å². The number of aromatic nitrogens is 6. The van der Waals surface area contributed by atoms with Crippen molar-refractivity contribution in [3.8, 4) is 28.4 Å². The fraction of sp³-hybridized carbons (Fsp3) is 0.280. The molecule has 13 heteroatoms.